The van der Waals surface area contributed by atoms with Crippen molar-refractivity contribution in [3.05, 3.63) is 63.1 Å². The lowest BCUT2D eigenvalue weighted by atomic mass is 9.74. The number of hydrogen-bond acceptors (Lipinski definition) is 2. The molecule has 3 nitrogen and oxygen atoms in total. The zero-order valence-corrected chi connectivity index (χ0v) is 17.3. The van der Waals surface area contributed by atoms with Gasteiger partial charge in [-0.3, -0.25) is 4.79 Å². The molecule has 142 valence electrons. The van der Waals surface area contributed by atoms with Gasteiger partial charge in [0.05, 0.1) is 10.6 Å². The molecule has 0 aromatic heterocycles. The number of amides is 1. The van der Waals surface area contributed by atoms with Crippen molar-refractivity contribution in [1.29, 1.82) is 0 Å². The van der Waals surface area contributed by atoms with Gasteiger partial charge in [0, 0.05) is 22.7 Å². The number of piperidine rings is 1. The van der Waals surface area contributed by atoms with E-state index >= 15 is 0 Å². The van der Waals surface area contributed by atoms with Crippen molar-refractivity contribution in [2.24, 2.45) is 0 Å². The third-order valence-electron chi connectivity index (χ3n) is 6.14. The van der Waals surface area contributed by atoms with Gasteiger partial charge in [-0.15, -0.1) is 0 Å². The number of benzene rings is 2. The Labute approximate surface area is 170 Å². The van der Waals surface area contributed by atoms with E-state index in [1.54, 1.807) is 18.2 Å². The van der Waals surface area contributed by atoms with Crippen molar-refractivity contribution in [2.75, 3.05) is 31.1 Å². The molecule has 5 heteroatoms. The third kappa shape index (κ3) is 3.26. The zero-order valence-electron chi connectivity index (χ0n) is 15.8. The van der Waals surface area contributed by atoms with Crippen LogP contribution in [0.15, 0.2) is 36.4 Å². The van der Waals surface area contributed by atoms with Crippen molar-refractivity contribution in [1.82, 2.24) is 4.90 Å². The first-order valence-corrected chi connectivity index (χ1v) is 10.3. The minimum atomic E-state index is -0.0448. The predicted molar refractivity (Wildman–Crippen MR) is 112 cm³/mol. The van der Waals surface area contributed by atoms with Crippen LogP contribution >= 0.6 is 23.2 Å². The molecule has 0 atom stereocenters. The second kappa shape index (κ2) is 7.12. The fraction of sp³-hybridized carbons (Fsp3) is 0.409. The number of carbonyl (C=O) groups is 1. The van der Waals surface area contributed by atoms with Crippen LogP contribution < -0.4 is 4.90 Å². The molecule has 1 fully saturated rings. The van der Waals surface area contributed by atoms with Crippen molar-refractivity contribution in [3.63, 3.8) is 0 Å². The van der Waals surface area contributed by atoms with Gasteiger partial charge >= 0.3 is 0 Å². The Bertz CT molecular complexity index is 888. The molecule has 0 N–H and O–H groups in total. The molecule has 0 aliphatic carbocycles. The smallest absolute Gasteiger partial charge is 0.259 e. The highest BCUT2D eigenvalue weighted by molar-refractivity contribution is 6.37. The molecule has 0 radical (unpaired) electrons. The average Bonchev–Trinajstić information content (AvgIpc) is 2.96. The summed E-state index contributed by atoms with van der Waals surface area (Å²) in [5.74, 6) is -0.0448. The van der Waals surface area contributed by atoms with Gasteiger partial charge in [-0.2, -0.15) is 0 Å². The quantitative estimate of drug-likeness (QED) is 0.678. The molecule has 1 amide bonds. The van der Waals surface area contributed by atoms with Gasteiger partial charge in [-0.05, 0) is 69.2 Å². The van der Waals surface area contributed by atoms with Gasteiger partial charge in [0.1, 0.15) is 0 Å². The maximum Gasteiger partial charge on any atom is 0.259 e. The van der Waals surface area contributed by atoms with E-state index in [1.807, 2.05) is 4.90 Å². The van der Waals surface area contributed by atoms with Gasteiger partial charge in [-0.25, -0.2) is 0 Å². The normalized spacial score (nSPS) is 18.7. The Balaban J connectivity index is 1.72. The van der Waals surface area contributed by atoms with Crippen molar-refractivity contribution in [2.45, 2.75) is 32.1 Å². The number of aryl methyl sites for hydroxylation is 1. The van der Waals surface area contributed by atoms with E-state index in [-0.39, 0.29) is 11.3 Å². The molecule has 0 bridgehead atoms. The molecule has 4 rings (SSSR count). The van der Waals surface area contributed by atoms with Crippen LogP contribution in [-0.4, -0.2) is 37.0 Å². The fourth-order valence-corrected chi connectivity index (χ4v) is 4.99. The molecule has 0 saturated carbocycles. The number of likely N-dealkylation sites (tertiary alicyclic amines) is 1. The summed E-state index contributed by atoms with van der Waals surface area (Å²) < 4.78 is 0. The molecule has 2 aromatic rings. The SMILES string of the molecule is CCN1CCC2(CC1)CN(C(=O)c1ccc(Cl)cc1Cl)c1ccc(C)cc12. The molecule has 2 aromatic carbocycles. The Morgan fingerprint density at radius 3 is 2.52 bits per heavy atom. The number of anilines is 1. The van der Waals surface area contributed by atoms with E-state index in [4.69, 9.17) is 23.2 Å². The molecule has 2 aliphatic rings. The molecule has 27 heavy (non-hydrogen) atoms. The number of hydrogen-bond donors (Lipinski definition) is 0. The standard InChI is InChI=1S/C22H24Cl2N2O/c1-3-25-10-8-22(9-11-25)14-26(20-7-4-15(2)12-18(20)22)21(27)17-6-5-16(23)13-19(17)24/h4-7,12-13H,3,8-11,14H2,1-2H3. The molecular formula is C22H24Cl2N2O. The topological polar surface area (TPSA) is 23.6 Å². The number of rotatable bonds is 2. The van der Waals surface area contributed by atoms with Crippen LogP contribution in [-0.2, 0) is 5.41 Å². The van der Waals surface area contributed by atoms with Crippen LogP contribution in [0.25, 0.3) is 0 Å². The molecular weight excluding hydrogens is 379 g/mol. The first-order chi connectivity index (χ1) is 12.9. The van der Waals surface area contributed by atoms with Gasteiger partial charge < -0.3 is 9.80 Å². The highest BCUT2D eigenvalue weighted by Crippen LogP contribution is 2.48. The lowest BCUT2D eigenvalue weighted by Gasteiger charge is -2.39. The lowest BCUT2D eigenvalue weighted by Crippen LogP contribution is -2.46. The minimum absolute atomic E-state index is 0.0432. The average molecular weight is 403 g/mol. The van der Waals surface area contributed by atoms with Crippen LogP contribution in [0, 0.1) is 6.92 Å². The van der Waals surface area contributed by atoms with Crippen LogP contribution in [0.4, 0.5) is 5.69 Å². The lowest BCUT2D eigenvalue weighted by molar-refractivity contribution is 0.0977. The number of fused-ring (bicyclic) bond motifs is 2. The molecule has 1 spiro atoms. The maximum atomic E-state index is 13.4. The number of nitrogens with zero attached hydrogens (tertiary/aromatic N) is 2. The first kappa shape index (κ1) is 18.8. The van der Waals surface area contributed by atoms with Crippen LogP contribution in [0.2, 0.25) is 10.0 Å². The second-order valence-corrected chi connectivity index (χ2v) is 8.59. The zero-order chi connectivity index (χ0) is 19.2. The van der Waals surface area contributed by atoms with E-state index in [1.165, 1.54) is 11.1 Å². The molecule has 1 saturated heterocycles. The Hall–Kier alpha value is -1.55. The maximum absolute atomic E-state index is 13.4. The van der Waals surface area contributed by atoms with E-state index in [9.17, 15) is 4.79 Å². The summed E-state index contributed by atoms with van der Waals surface area (Å²) in [7, 11) is 0. The summed E-state index contributed by atoms with van der Waals surface area (Å²) in [5, 5.41) is 0.945. The fourth-order valence-electron chi connectivity index (χ4n) is 4.50. The summed E-state index contributed by atoms with van der Waals surface area (Å²) in [4.78, 5) is 17.8. The number of halogens is 2. The monoisotopic (exact) mass is 402 g/mol. The minimum Gasteiger partial charge on any atom is -0.307 e. The van der Waals surface area contributed by atoms with Crippen molar-refractivity contribution in [3.8, 4) is 0 Å². The molecule has 0 unspecified atom stereocenters. The summed E-state index contributed by atoms with van der Waals surface area (Å²) in [5.41, 5.74) is 4.14. The highest BCUT2D eigenvalue weighted by Gasteiger charge is 2.46. The summed E-state index contributed by atoms with van der Waals surface area (Å²) in [6.07, 6.45) is 2.16. The summed E-state index contributed by atoms with van der Waals surface area (Å²) in [6.45, 7) is 8.29. The Morgan fingerprint density at radius 2 is 1.85 bits per heavy atom. The largest absolute Gasteiger partial charge is 0.307 e. The first-order valence-electron chi connectivity index (χ1n) is 9.54. The summed E-state index contributed by atoms with van der Waals surface area (Å²) in [6, 6.07) is 11.5. The van der Waals surface area contributed by atoms with Gasteiger partial charge in [0.2, 0.25) is 0 Å². The van der Waals surface area contributed by atoms with Crippen molar-refractivity contribution >= 4 is 34.8 Å². The number of carbonyl (C=O) groups excluding carboxylic acids is 1. The second-order valence-electron chi connectivity index (χ2n) is 7.75. The van der Waals surface area contributed by atoms with Crippen LogP contribution in [0.5, 0.6) is 0 Å². The highest BCUT2D eigenvalue weighted by atomic mass is 35.5. The summed E-state index contributed by atoms with van der Waals surface area (Å²) >= 11 is 12.3. The van der Waals surface area contributed by atoms with E-state index < -0.39 is 0 Å². The van der Waals surface area contributed by atoms with E-state index in [0.717, 1.165) is 44.7 Å². The van der Waals surface area contributed by atoms with Gasteiger partial charge in [0.25, 0.3) is 5.91 Å². The molecule has 2 aliphatic heterocycles. The molecule has 2 heterocycles. The Morgan fingerprint density at radius 1 is 1.11 bits per heavy atom. The Kier molecular flexibility index (Phi) is 4.96. The van der Waals surface area contributed by atoms with Crippen molar-refractivity contribution < 1.29 is 4.79 Å². The van der Waals surface area contributed by atoms with E-state index in [0.29, 0.717) is 15.6 Å². The van der Waals surface area contributed by atoms with Gasteiger partial charge in [0.15, 0.2) is 0 Å². The van der Waals surface area contributed by atoms with Crippen LogP contribution in [0.1, 0.15) is 41.3 Å². The van der Waals surface area contributed by atoms with E-state index in [2.05, 4.69) is 36.9 Å². The van der Waals surface area contributed by atoms with Crippen LogP contribution in [0.3, 0.4) is 0 Å². The third-order valence-corrected chi connectivity index (χ3v) is 6.69. The predicted octanol–water partition coefficient (Wildman–Crippen LogP) is 5.32. The van der Waals surface area contributed by atoms with Gasteiger partial charge in [-0.1, -0.05) is 47.8 Å².